The van der Waals surface area contributed by atoms with E-state index in [1.54, 1.807) is 19.1 Å². The summed E-state index contributed by atoms with van der Waals surface area (Å²) >= 11 is 0. The Morgan fingerprint density at radius 2 is 1.77 bits per heavy atom. The monoisotopic (exact) mass is 424 g/mol. The predicted octanol–water partition coefficient (Wildman–Crippen LogP) is 4.06. The lowest BCUT2D eigenvalue weighted by Gasteiger charge is -2.12. The number of hydrogen-bond donors (Lipinski definition) is 3. The first-order chi connectivity index (χ1) is 14.3. The van der Waals surface area contributed by atoms with Crippen LogP contribution in [0.3, 0.4) is 0 Å². The van der Waals surface area contributed by atoms with E-state index >= 15 is 0 Å². The molecule has 9 heteroatoms. The molecule has 0 saturated carbocycles. The van der Waals surface area contributed by atoms with Crippen LogP contribution in [0.2, 0.25) is 0 Å². The van der Waals surface area contributed by atoms with Crippen molar-refractivity contribution >= 4 is 38.6 Å². The SMILES string of the molecule is Cc1ccc(C(=O)Nc2nc3ccccc3[nH]2)cc1S(=O)(=O)Nc1ccc(F)cc1. The smallest absolute Gasteiger partial charge is 0.262 e. The number of rotatable bonds is 5. The summed E-state index contributed by atoms with van der Waals surface area (Å²) in [5, 5.41) is 2.64. The number of fused-ring (bicyclic) bond motifs is 1. The zero-order chi connectivity index (χ0) is 21.3. The van der Waals surface area contributed by atoms with Gasteiger partial charge in [-0.05, 0) is 61.0 Å². The number of H-pyrrole nitrogens is 1. The molecule has 3 aromatic carbocycles. The van der Waals surface area contributed by atoms with Gasteiger partial charge in [-0.15, -0.1) is 0 Å². The topological polar surface area (TPSA) is 104 Å². The van der Waals surface area contributed by atoms with Crippen LogP contribution in [0.5, 0.6) is 0 Å². The van der Waals surface area contributed by atoms with Gasteiger partial charge in [0.1, 0.15) is 5.82 Å². The third-order valence-electron chi connectivity index (χ3n) is 4.46. The minimum atomic E-state index is -3.98. The number of benzene rings is 3. The number of aromatic amines is 1. The third kappa shape index (κ3) is 4.01. The third-order valence-corrected chi connectivity index (χ3v) is 5.98. The van der Waals surface area contributed by atoms with Crippen molar-refractivity contribution in [3.8, 4) is 0 Å². The minimum absolute atomic E-state index is 0.0518. The Balaban J connectivity index is 1.60. The van der Waals surface area contributed by atoms with Crippen LogP contribution in [-0.2, 0) is 10.0 Å². The molecule has 1 heterocycles. The van der Waals surface area contributed by atoms with Crippen molar-refractivity contribution in [1.29, 1.82) is 0 Å². The van der Waals surface area contributed by atoms with Gasteiger partial charge in [0.05, 0.1) is 15.9 Å². The van der Waals surface area contributed by atoms with Crippen LogP contribution >= 0.6 is 0 Å². The molecule has 0 atom stereocenters. The fourth-order valence-electron chi connectivity index (χ4n) is 2.95. The second kappa shape index (κ2) is 7.60. The molecular weight excluding hydrogens is 407 g/mol. The Morgan fingerprint density at radius 1 is 1.03 bits per heavy atom. The van der Waals surface area contributed by atoms with Crippen molar-refractivity contribution in [2.75, 3.05) is 10.0 Å². The van der Waals surface area contributed by atoms with Crippen LogP contribution in [0.25, 0.3) is 11.0 Å². The molecule has 152 valence electrons. The van der Waals surface area contributed by atoms with E-state index in [0.29, 0.717) is 11.1 Å². The van der Waals surface area contributed by atoms with Gasteiger partial charge in [-0.3, -0.25) is 14.8 Å². The number of amides is 1. The first kappa shape index (κ1) is 19.6. The zero-order valence-electron chi connectivity index (χ0n) is 15.8. The molecule has 0 radical (unpaired) electrons. The predicted molar refractivity (Wildman–Crippen MR) is 112 cm³/mol. The normalized spacial score (nSPS) is 11.4. The standard InChI is InChI=1S/C21H17FN4O3S/c1-13-6-7-14(20(27)25-21-23-17-4-2-3-5-18(17)24-21)12-19(13)30(28,29)26-16-10-8-15(22)9-11-16/h2-12,26H,1H3,(H2,23,24,25,27). The van der Waals surface area contributed by atoms with Gasteiger partial charge < -0.3 is 4.98 Å². The number of nitrogens with one attached hydrogen (secondary N) is 3. The van der Waals surface area contributed by atoms with E-state index in [0.717, 1.165) is 17.6 Å². The lowest BCUT2D eigenvalue weighted by molar-refractivity contribution is 0.102. The number of carbonyl (C=O) groups is 1. The largest absolute Gasteiger partial charge is 0.324 e. The minimum Gasteiger partial charge on any atom is -0.324 e. The average Bonchev–Trinajstić information content (AvgIpc) is 3.12. The molecule has 0 bridgehead atoms. The average molecular weight is 424 g/mol. The lowest BCUT2D eigenvalue weighted by Crippen LogP contribution is -2.17. The van der Waals surface area contributed by atoms with E-state index in [9.17, 15) is 17.6 Å². The molecule has 0 unspecified atom stereocenters. The molecule has 4 aromatic rings. The molecule has 7 nitrogen and oxygen atoms in total. The van der Waals surface area contributed by atoms with E-state index in [4.69, 9.17) is 0 Å². The van der Waals surface area contributed by atoms with E-state index in [2.05, 4.69) is 20.0 Å². The molecule has 0 aliphatic carbocycles. The Morgan fingerprint density at radius 3 is 2.50 bits per heavy atom. The summed E-state index contributed by atoms with van der Waals surface area (Å²) in [6.45, 7) is 1.63. The Bertz CT molecular complexity index is 1320. The molecule has 0 aliphatic rings. The van der Waals surface area contributed by atoms with Crippen molar-refractivity contribution in [3.63, 3.8) is 0 Å². The molecule has 0 aliphatic heterocycles. The molecule has 4 rings (SSSR count). The summed E-state index contributed by atoms with van der Waals surface area (Å²) in [5.41, 5.74) is 2.30. The van der Waals surface area contributed by atoms with Gasteiger partial charge in [0.2, 0.25) is 5.95 Å². The van der Waals surface area contributed by atoms with Crippen LogP contribution in [0.1, 0.15) is 15.9 Å². The highest BCUT2D eigenvalue weighted by atomic mass is 32.2. The Hall–Kier alpha value is -3.72. The first-order valence-corrected chi connectivity index (χ1v) is 10.5. The Kier molecular flexibility index (Phi) is 4.96. The second-order valence-electron chi connectivity index (χ2n) is 6.65. The molecular formula is C21H17FN4O3S. The van der Waals surface area contributed by atoms with Crippen LogP contribution in [-0.4, -0.2) is 24.3 Å². The Labute approximate surface area is 172 Å². The van der Waals surface area contributed by atoms with E-state index in [1.165, 1.54) is 24.3 Å². The van der Waals surface area contributed by atoms with Crippen molar-refractivity contribution in [2.45, 2.75) is 11.8 Å². The van der Waals surface area contributed by atoms with Crippen LogP contribution in [0.15, 0.2) is 71.6 Å². The molecule has 0 saturated heterocycles. The number of hydrogen-bond acceptors (Lipinski definition) is 4. The molecule has 1 aromatic heterocycles. The van der Waals surface area contributed by atoms with Gasteiger partial charge in [-0.25, -0.2) is 17.8 Å². The zero-order valence-corrected chi connectivity index (χ0v) is 16.6. The fraction of sp³-hybridized carbons (Fsp3) is 0.0476. The maximum absolute atomic E-state index is 13.1. The van der Waals surface area contributed by atoms with Crippen molar-refractivity contribution < 1.29 is 17.6 Å². The summed E-state index contributed by atoms with van der Waals surface area (Å²) in [7, 11) is -3.98. The number of para-hydroxylation sites is 2. The van der Waals surface area contributed by atoms with Gasteiger partial charge in [-0.2, -0.15) is 0 Å². The number of imidazole rings is 1. The van der Waals surface area contributed by atoms with Crippen LogP contribution < -0.4 is 10.0 Å². The molecule has 30 heavy (non-hydrogen) atoms. The highest BCUT2D eigenvalue weighted by molar-refractivity contribution is 7.92. The molecule has 3 N–H and O–H groups in total. The van der Waals surface area contributed by atoms with Gasteiger partial charge in [0.25, 0.3) is 15.9 Å². The van der Waals surface area contributed by atoms with Gasteiger partial charge in [0, 0.05) is 11.3 Å². The van der Waals surface area contributed by atoms with Gasteiger partial charge in [0.15, 0.2) is 0 Å². The summed E-state index contributed by atoms with van der Waals surface area (Å²) in [6.07, 6.45) is 0. The van der Waals surface area contributed by atoms with Gasteiger partial charge >= 0.3 is 0 Å². The van der Waals surface area contributed by atoms with E-state index in [-0.39, 0.29) is 22.1 Å². The molecule has 0 spiro atoms. The van der Waals surface area contributed by atoms with Crippen molar-refractivity contribution in [1.82, 2.24) is 9.97 Å². The van der Waals surface area contributed by atoms with Crippen molar-refractivity contribution in [3.05, 3.63) is 83.7 Å². The van der Waals surface area contributed by atoms with Crippen molar-refractivity contribution in [2.24, 2.45) is 0 Å². The quantitative estimate of drug-likeness (QED) is 0.449. The van der Waals surface area contributed by atoms with E-state index in [1.807, 2.05) is 18.2 Å². The summed E-state index contributed by atoms with van der Waals surface area (Å²) < 4.78 is 41.1. The summed E-state index contributed by atoms with van der Waals surface area (Å²) in [5.74, 6) is -0.721. The fourth-order valence-corrected chi connectivity index (χ4v) is 4.28. The maximum atomic E-state index is 13.1. The summed E-state index contributed by atoms with van der Waals surface area (Å²) in [6, 6.07) is 16.6. The van der Waals surface area contributed by atoms with E-state index < -0.39 is 21.7 Å². The highest BCUT2D eigenvalue weighted by Gasteiger charge is 2.20. The number of sulfonamides is 1. The number of anilines is 2. The molecule has 1 amide bonds. The van der Waals surface area contributed by atoms with Crippen LogP contribution in [0.4, 0.5) is 16.0 Å². The highest BCUT2D eigenvalue weighted by Crippen LogP contribution is 2.22. The maximum Gasteiger partial charge on any atom is 0.262 e. The number of aromatic nitrogens is 2. The van der Waals surface area contributed by atoms with Gasteiger partial charge in [-0.1, -0.05) is 18.2 Å². The number of carbonyl (C=O) groups excluding carboxylic acids is 1. The first-order valence-electron chi connectivity index (χ1n) is 8.97. The number of halogens is 1. The number of aryl methyl sites for hydroxylation is 1. The molecule has 0 fully saturated rings. The summed E-state index contributed by atoms with van der Waals surface area (Å²) in [4.78, 5) is 19.9. The van der Waals surface area contributed by atoms with Crippen LogP contribution in [0, 0.1) is 12.7 Å². The lowest BCUT2D eigenvalue weighted by atomic mass is 10.1. The number of nitrogens with zero attached hydrogens (tertiary/aromatic N) is 1. The second-order valence-corrected chi connectivity index (χ2v) is 8.30.